The zero-order valence-electron chi connectivity index (χ0n) is 19.3. The van der Waals surface area contributed by atoms with Gasteiger partial charge in [-0.1, -0.05) is 30.3 Å². The van der Waals surface area contributed by atoms with Gasteiger partial charge in [-0.3, -0.25) is 10.4 Å². The van der Waals surface area contributed by atoms with Gasteiger partial charge in [-0.05, 0) is 37.3 Å². The number of carbonyl (C=O) groups excluding carboxylic acids is 1. The highest BCUT2D eigenvalue weighted by Crippen LogP contribution is 2.37. The van der Waals surface area contributed by atoms with Crippen molar-refractivity contribution in [3.8, 4) is 12.3 Å². The molecule has 0 saturated heterocycles. The molecular weight excluding hydrogens is 543 g/mol. The lowest BCUT2D eigenvalue weighted by molar-refractivity contribution is -0.137. The summed E-state index contributed by atoms with van der Waals surface area (Å²) < 4.78 is 40.1. The highest BCUT2D eigenvalue weighted by molar-refractivity contribution is 7.82. The lowest BCUT2D eigenvalue weighted by Crippen LogP contribution is -2.27. The lowest BCUT2D eigenvalue weighted by atomic mass is 10.2. The maximum atomic E-state index is 13.1. The summed E-state index contributed by atoms with van der Waals surface area (Å²) in [7, 11) is 0. The molecule has 3 aromatic heterocycles. The van der Waals surface area contributed by atoms with E-state index in [0.717, 1.165) is 12.1 Å². The van der Waals surface area contributed by atoms with E-state index in [4.69, 9.17) is 18.0 Å². The van der Waals surface area contributed by atoms with Crippen LogP contribution in [0.3, 0.4) is 0 Å². The first kappa shape index (κ1) is 26.6. The number of nitrogens with zero attached hydrogens (tertiary/aromatic N) is 5. The van der Waals surface area contributed by atoms with Crippen molar-refractivity contribution in [3.05, 3.63) is 70.6 Å². The SMILES string of the molecule is C#Cc1cc(Nc2cc(C)nc(Nc3ccc(NC(=O)N(S)c4ccc(Cl)c(C(F)(F)F)c4)nc3)n2)n[nH]1. The summed E-state index contributed by atoms with van der Waals surface area (Å²) in [4.78, 5) is 25.3. The fourth-order valence-corrected chi connectivity index (χ4v) is 3.49. The van der Waals surface area contributed by atoms with E-state index in [1.807, 2.05) is 0 Å². The van der Waals surface area contributed by atoms with E-state index in [9.17, 15) is 18.0 Å². The quantitative estimate of drug-likeness (QED) is 0.147. The number of halogens is 4. The average molecular weight is 560 g/mol. The number of aryl methyl sites for hydroxylation is 1. The Morgan fingerprint density at radius 3 is 2.55 bits per heavy atom. The molecule has 0 fully saturated rings. The summed E-state index contributed by atoms with van der Waals surface area (Å²) >= 11 is 9.63. The number of nitrogens with one attached hydrogen (secondary N) is 4. The number of anilines is 6. The number of amides is 2. The average Bonchev–Trinajstić information content (AvgIpc) is 3.31. The molecule has 4 rings (SSSR count). The Labute approximate surface area is 224 Å². The van der Waals surface area contributed by atoms with E-state index >= 15 is 0 Å². The van der Waals surface area contributed by atoms with Crippen LogP contribution in [0.5, 0.6) is 0 Å². The Hall–Kier alpha value is -4.48. The van der Waals surface area contributed by atoms with Crippen molar-refractivity contribution in [1.29, 1.82) is 0 Å². The summed E-state index contributed by atoms with van der Waals surface area (Å²) in [6, 6.07) is 8.60. The molecule has 4 N–H and O–H groups in total. The van der Waals surface area contributed by atoms with E-state index in [2.05, 4.69) is 59.8 Å². The number of aromatic nitrogens is 5. The van der Waals surface area contributed by atoms with Crippen LogP contribution in [0.4, 0.5) is 52.7 Å². The number of H-pyrrole nitrogens is 1. The normalized spacial score (nSPS) is 11.0. The monoisotopic (exact) mass is 559 g/mol. The lowest BCUT2D eigenvalue weighted by Gasteiger charge is -2.18. The highest BCUT2D eigenvalue weighted by Gasteiger charge is 2.34. The van der Waals surface area contributed by atoms with Crippen molar-refractivity contribution >= 4 is 65.2 Å². The third-order valence-corrected chi connectivity index (χ3v) is 5.53. The van der Waals surface area contributed by atoms with Gasteiger partial charge in [0.1, 0.15) is 17.3 Å². The second kappa shape index (κ2) is 10.9. The molecule has 2 amide bonds. The molecule has 38 heavy (non-hydrogen) atoms. The molecule has 1 aromatic carbocycles. The maximum absolute atomic E-state index is 13.1. The van der Waals surface area contributed by atoms with Crippen LogP contribution in [0.15, 0.2) is 48.7 Å². The van der Waals surface area contributed by atoms with Gasteiger partial charge in [-0.2, -0.15) is 23.3 Å². The fourth-order valence-electron chi connectivity index (χ4n) is 3.09. The van der Waals surface area contributed by atoms with Gasteiger partial charge < -0.3 is 10.6 Å². The number of pyridine rings is 1. The summed E-state index contributed by atoms with van der Waals surface area (Å²) in [5.41, 5.74) is 0.460. The summed E-state index contributed by atoms with van der Waals surface area (Å²) in [6.07, 6.45) is 2.05. The highest BCUT2D eigenvalue weighted by atomic mass is 35.5. The number of alkyl halides is 3. The Balaban J connectivity index is 1.41. The molecule has 0 spiro atoms. The Kier molecular flexibility index (Phi) is 7.60. The summed E-state index contributed by atoms with van der Waals surface area (Å²) in [5.74, 6) is 3.78. The molecule has 0 aliphatic rings. The number of benzene rings is 1. The predicted molar refractivity (Wildman–Crippen MR) is 141 cm³/mol. The molecule has 0 aliphatic carbocycles. The number of rotatable bonds is 6. The van der Waals surface area contributed by atoms with Crippen molar-refractivity contribution in [1.82, 2.24) is 25.1 Å². The van der Waals surface area contributed by atoms with Crippen molar-refractivity contribution in [2.24, 2.45) is 0 Å². The first-order valence-corrected chi connectivity index (χ1v) is 11.3. The van der Waals surface area contributed by atoms with Crippen LogP contribution in [0.2, 0.25) is 5.02 Å². The summed E-state index contributed by atoms with van der Waals surface area (Å²) in [5, 5.41) is 14.7. The van der Waals surface area contributed by atoms with Crippen LogP contribution in [0.1, 0.15) is 17.0 Å². The van der Waals surface area contributed by atoms with Gasteiger partial charge >= 0.3 is 12.2 Å². The maximum Gasteiger partial charge on any atom is 0.417 e. The van der Waals surface area contributed by atoms with Gasteiger partial charge in [0.05, 0.1) is 28.2 Å². The first-order chi connectivity index (χ1) is 18.0. The Morgan fingerprint density at radius 2 is 1.89 bits per heavy atom. The van der Waals surface area contributed by atoms with Crippen molar-refractivity contribution in [2.75, 3.05) is 20.3 Å². The number of aromatic amines is 1. The molecule has 0 aliphatic heterocycles. The fraction of sp³-hybridized carbons (Fsp3) is 0.0870. The molecule has 4 aromatic rings. The second-order valence-corrected chi connectivity index (χ2v) is 8.42. The number of thiol groups is 1. The molecule has 0 bridgehead atoms. The minimum absolute atomic E-state index is 0.125. The molecule has 10 nitrogen and oxygen atoms in total. The van der Waals surface area contributed by atoms with Crippen molar-refractivity contribution < 1.29 is 18.0 Å². The van der Waals surface area contributed by atoms with Gasteiger partial charge in [-0.15, -0.1) is 6.42 Å². The molecule has 15 heteroatoms. The van der Waals surface area contributed by atoms with Crippen LogP contribution >= 0.6 is 24.4 Å². The van der Waals surface area contributed by atoms with Crippen LogP contribution in [0, 0.1) is 19.3 Å². The third-order valence-electron chi connectivity index (χ3n) is 4.79. The molecular formula is C23H17ClF3N9OS. The smallest absolute Gasteiger partial charge is 0.323 e. The van der Waals surface area contributed by atoms with Crippen molar-refractivity contribution in [2.45, 2.75) is 13.1 Å². The molecule has 0 saturated carbocycles. The van der Waals surface area contributed by atoms with Crippen LogP contribution in [-0.2, 0) is 6.18 Å². The Morgan fingerprint density at radius 1 is 1.11 bits per heavy atom. The van der Waals surface area contributed by atoms with E-state index < -0.39 is 22.8 Å². The molecule has 194 valence electrons. The first-order valence-electron chi connectivity index (χ1n) is 10.6. The predicted octanol–water partition coefficient (Wildman–Crippen LogP) is 5.93. The van der Waals surface area contributed by atoms with Crippen LogP contribution in [-0.4, -0.2) is 31.2 Å². The second-order valence-electron chi connectivity index (χ2n) is 7.62. The van der Waals surface area contributed by atoms with E-state index in [0.29, 0.717) is 33.0 Å². The summed E-state index contributed by atoms with van der Waals surface area (Å²) in [6.45, 7) is 1.79. The standard InChI is InChI=1S/C23H17ClF3N9OS/c1-3-13-9-20(35-34-13)31-19-8-12(2)29-21(32-19)30-14-4-7-18(28-11-14)33-22(37)36(38)15-5-6-17(24)16(10-15)23(25,26)27/h1,4-11,38H,2H3,(H,28,33,37)(H3,29,30,31,32,34,35). The zero-order valence-corrected chi connectivity index (χ0v) is 20.9. The van der Waals surface area contributed by atoms with Gasteiger partial charge in [0.25, 0.3) is 0 Å². The van der Waals surface area contributed by atoms with Crippen LogP contribution < -0.4 is 20.3 Å². The molecule has 3 heterocycles. The molecule has 0 radical (unpaired) electrons. The largest absolute Gasteiger partial charge is 0.417 e. The van der Waals surface area contributed by atoms with Gasteiger partial charge in [0, 0.05) is 17.8 Å². The Bertz CT molecular complexity index is 1520. The van der Waals surface area contributed by atoms with Gasteiger partial charge in [0.15, 0.2) is 5.82 Å². The number of carbonyl (C=O) groups is 1. The minimum Gasteiger partial charge on any atom is -0.323 e. The number of hydrogen-bond acceptors (Lipinski definition) is 8. The number of terminal acetylenes is 1. The topological polar surface area (TPSA) is 124 Å². The van der Waals surface area contributed by atoms with E-state index in [-0.39, 0.29) is 17.5 Å². The zero-order chi connectivity index (χ0) is 27.4. The number of hydrogen-bond donors (Lipinski definition) is 5. The minimum atomic E-state index is -4.69. The third kappa shape index (κ3) is 6.44. The van der Waals surface area contributed by atoms with Gasteiger partial charge in [0.2, 0.25) is 5.95 Å². The molecule has 0 atom stereocenters. The van der Waals surface area contributed by atoms with Gasteiger partial charge in [-0.25, -0.2) is 19.1 Å². The van der Waals surface area contributed by atoms with Crippen molar-refractivity contribution in [3.63, 3.8) is 0 Å². The molecule has 0 unspecified atom stereocenters. The number of urea groups is 1. The van der Waals surface area contributed by atoms with Crippen LogP contribution in [0.25, 0.3) is 0 Å². The van der Waals surface area contributed by atoms with E-state index in [1.54, 1.807) is 25.1 Å². The van der Waals surface area contributed by atoms with E-state index in [1.165, 1.54) is 18.3 Å².